The Bertz CT molecular complexity index is 130. The molecule has 0 bridgehead atoms. The molecule has 0 aliphatic rings. The summed E-state index contributed by atoms with van der Waals surface area (Å²) in [6.07, 6.45) is -1.13. The summed E-state index contributed by atoms with van der Waals surface area (Å²) >= 11 is 1.93. The molecule has 0 nitrogen and oxygen atoms in total. The van der Waals surface area contributed by atoms with Gasteiger partial charge in [-0.05, 0) is 30.3 Å². The van der Waals surface area contributed by atoms with Gasteiger partial charge in [0.15, 0.2) is 0 Å². The lowest BCUT2D eigenvalue weighted by molar-refractivity contribution is -0.141. The van der Waals surface area contributed by atoms with Crippen LogP contribution in [0.15, 0.2) is 0 Å². The van der Waals surface area contributed by atoms with E-state index in [1.165, 1.54) is 12.2 Å². The van der Waals surface area contributed by atoms with Gasteiger partial charge >= 0.3 is 6.18 Å². The minimum absolute atomic E-state index is 0.282. The fourth-order valence-corrected chi connectivity index (χ4v) is 1.52. The average Bonchev–Trinajstić information content (AvgIpc) is 1.96. The fraction of sp³-hybridized carbons (Fsp3) is 1.00. The van der Waals surface area contributed by atoms with Crippen LogP contribution in [-0.4, -0.2) is 18.2 Å². The number of hydrogen-bond acceptors (Lipinski definition) is 1. The first-order valence-corrected chi connectivity index (χ1v) is 6.64. The molecule has 0 fully saturated rings. The van der Waals surface area contributed by atoms with E-state index >= 15 is 0 Å². The minimum atomic E-state index is -3.98. The Morgan fingerprint density at radius 1 is 1.00 bits per heavy atom. The smallest absolute Gasteiger partial charge is 0.171 e. The van der Waals surface area contributed by atoms with E-state index in [-0.39, 0.29) is 5.92 Å². The second-order valence-electron chi connectivity index (χ2n) is 4.39. The van der Waals surface area contributed by atoms with Crippen LogP contribution in [0.1, 0.15) is 40.5 Å². The van der Waals surface area contributed by atoms with Crippen LogP contribution in [-0.2, 0) is 0 Å². The molecule has 0 heterocycles. The van der Waals surface area contributed by atoms with Crippen LogP contribution in [0.4, 0.5) is 13.2 Å². The highest BCUT2D eigenvalue weighted by Gasteiger charge is 2.27. The minimum Gasteiger partial charge on any atom is -0.171 e. The number of hydrogen-bond donors (Lipinski definition) is 0. The van der Waals surface area contributed by atoms with Crippen molar-refractivity contribution >= 4 is 11.8 Å². The van der Waals surface area contributed by atoms with Crippen molar-refractivity contribution in [3.63, 3.8) is 0 Å². The lowest BCUT2D eigenvalue weighted by Gasteiger charge is -2.07. The first-order valence-electron chi connectivity index (χ1n) is 5.24. The van der Waals surface area contributed by atoms with Crippen LogP contribution in [0.2, 0.25) is 0 Å². The van der Waals surface area contributed by atoms with Gasteiger partial charge in [0.1, 0.15) is 0 Å². The van der Waals surface area contributed by atoms with E-state index in [1.807, 2.05) is 11.8 Å². The second-order valence-corrected chi connectivity index (χ2v) is 5.37. The van der Waals surface area contributed by atoms with Crippen molar-refractivity contribution in [2.45, 2.75) is 46.7 Å². The molecule has 94 valence electrons. The molecule has 0 saturated carbocycles. The van der Waals surface area contributed by atoms with Gasteiger partial charge in [-0.1, -0.05) is 27.7 Å². The Hall–Kier alpha value is 0.140. The number of halogens is 3. The average molecular weight is 244 g/mol. The Morgan fingerprint density at radius 3 is 1.53 bits per heavy atom. The maximum absolute atomic E-state index is 11.3. The van der Waals surface area contributed by atoms with Crippen LogP contribution in [0.25, 0.3) is 0 Å². The third kappa shape index (κ3) is 24.9. The maximum Gasteiger partial charge on any atom is 0.389 e. The van der Waals surface area contributed by atoms with Crippen LogP contribution in [0, 0.1) is 11.8 Å². The molecule has 15 heavy (non-hydrogen) atoms. The Balaban J connectivity index is 0. The Kier molecular flexibility index (Phi) is 11.0. The van der Waals surface area contributed by atoms with Gasteiger partial charge in [0.25, 0.3) is 0 Å². The molecule has 0 aliphatic heterocycles. The molecule has 0 aliphatic carbocycles. The summed E-state index contributed by atoms with van der Waals surface area (Å²) < 4.78 is 33.9. The monoisotopic (exact) mass is 244 g/mol. The summed E-state index contributed by atoms with van der Waals surface area (Å²) in [7, 11) is 0. The van der Waals surface area contributed by atoms with E-state index in [2.05, 4.69) is 20.1 Å². The highest BCUT2D eigenvalue weighted by Crippen LogP contribution is 2.23. The lowest BCUT2D eigenvalue weighted by Crippen LogP contribution is -2.10. The summed E-state index contributed by atoms with van der Waals surface area (Å²) in [5.41, 5.74) is 0. The number of rotatable bonds is 4. The van der Waals surface area contributed by atoms with E-state index in [0.29, 0.717) is 0 Å². The molecule has 0 rings (SSSR count). The Morgan fingerprint density at radius 2 is 1.47 bits per heavy atom. The maximum atomic E-state index is 11.3. The van der Waals surface area contributed by atoms with Crippen LogP contribution in [0.5, 0.6) is 0 Å². The van der Waals surface area contributed by atoms with Gasteiger partial charge in [-0.25, -0.2) is 0 Å². The summed E-state index contributed by atoms with van der Waals surface area (Å²) in [6, 6.07) is 0. The zero-order chi connectivity index (χ0) is 12.5. The zero-order valence-electron chi connectivity index (χ0n) is 10.3. The standard InChI is InChI=1S/C6H14S.C5H9F3/c1-6(2)4-5-7-3;1-4(2)3-5(6,7)8/h6H,4-5H2,1-3H3;4H,3H2,1-2H3. The zero-order valence-corrected chi connectivity index (χ0v) is 11.1. The summed E-state index contributed by atoms with van der Waals surface area (Å²) in [5, 5.41) is 0. The normalized spacial score (nSPS) is 11.6. The molecule has 0 N–H and O–H groups in total. The van der Waals surface area contributed by atoms with Crippen molar-refractivity contribution in [3.8, 4) is 0 Å². The van der Waals surface area contributed by atoms with Crippen LogP contribution < -0.4 is 0 Å². The lowest BCUT2D eigenvalue weighted by atomic mass is 10.1. The molecule has 0 aromatic heterocycles. The molecule has 0 unspecified atom stereocenters. The fourth-order valence-electron chi connectivity index (χ4n) is 0.816. The Labute approximate surface area is 96.0 Å². The summed E-state index contributed by atoms with van der Waals surface area (Å²) in [5.74, 6) is 1.92. The molecule has 0 saturated heterocycles. The molecule has 0 aromatic rings. The van der Waals surface area contributed by atoms with Crippen molar-refractivity contribution in [1.29, 1.82) is 0 Å². The molecule has 0 aromatic carbocycles. The van der Waals surface area contributed by atoms with Crippen molar-refractivity contribution in [2.75, 3.05) is 12.0 Å². The molecular weight excluding hydrogens is 221 g/mol. The largest absolute Gasteiger partial charge is 0.389 e. The first kappa shape index (κ1) is 17.5. The van der Waals surface area contributed by atoms with E-state index in [4.69, 9.17) is 0 Å². The number of alkyl halides is 3. The van der Waals surface area contributed by atoms with E-state index in [0.717, 1.165) is 5.92 Å². The molecule has 0 spiro atoms. The first-order chi connectivity index (χ1) is 6.69. The van der Waals surface area contributed by atoms with E-state index < -0.39 is 12.6 Å². The highest BCUT2D eigenvalue weighted by molar-refractivity contribution is 7.98. The van der Waals surface area contributed by atoms with E-state index in [9.17, 15) is 13.2 Å². The molecular formula is C11H23F3S. The van der Waals surface area contributed by atoms with Gasteiger partial charge in [-0.3, -0.25) is 0 Å². The summed E-state index contributed by atoms with van der Waals surface area (Å²) in [6.45, 7) is 7.62. The van der Waals surface area contributed by atoms with Gasteiger partial charge in [0.05, 0.1) is 0 Å². The van der Waals surface area contributed by atoms with Crippen molar-refractivity contribution in [2.24, 2.45) is 11.8 Å². The van der Waals surface area contributed by atoms with Gasteiger partial charge in [0, 0.05) is 6.42 Å². The highest BCUT2D eigenvalue weighted by atomic mass is 32.2. The van der Waals surface area contributed by atoms with E-state index in [1.54, 1.807) is 13.8 Å². The summed E-state index contributed by atoms with van der Waals surface area (Å²) in [4.78, 5) is 0. The number of thioether (sulfide) groups is 1. The van der Waals surface area contributed by atoms with Crippen molar-refractivity contribution in [3.05, 3.63) is 0 Å². The topological polar surface area (TPSA) is 0 Å². The SMILES string of the molecule is CC(C)CC(F)(F)F.CSCCC(C)C. The quantitative estimate of drug-likeness (QED) is 0.671. The van der Waals surface area contributed by atoms with Gasteiger partial charge in [-0.15, -0.1) is 0 Å². The second kappa shape index (κ2) is 9.37. The van der Waals surface area contributed by atoms with Gasteiger partial charge < -0.3 is 0 Å². The van der Waals surface area contributed by atoms with Crippen LogP contribution in [0.3, 0.4) is 0 Å². The molecule has 0 amide bonds. The van der Waals surface area contributed by atoms with Gasteiger partial charge in [-0.2, -0.15) is 24.9 Å². The third-order valence-corrected chi connectivity index (χ3v) is 2.18. The molecule has 4 heteroatoms. The predicted octanol–water partition coefficient (Wildman–Crippen LogP) is 4.99. The molecule has 0 radical (unpaired) electrons. The predicted molar refractivity (Wildman–Crippen MR) is 63.3 cm³/mol. The van der Waals surface area contributed by atoms with Crippen molar-refractivity contribution < 1.29 is 13.2 Å². The van der Waals surface area contributed by atoms with Crippen molar-refractivity contribution in [1.82, 2.24) is 0 Å². The van der Waals surface area contributed by atoms with Crippen LogP contribution >= 0.6 is 11.8 Å². The third-order valence-electron chi connectivity index (χ3n) is 1.54. The van der Waals surface area contributed by atoms with Gasteiger partial charge in [0.2, 0.25) is 0 Å². The molecule has 0 atom stereocenters.